The number of benzene rings is 2. The van der Waals surface area contributed by atoms with E-state index in [1.807, 2.05) is 43.3 Å². The van der Waals surface area contributed by atoms with Crippen molar-refractivity contribution in [3.05, 3.63) is 77.2 Å². The Hall–Kier alpha value is -2.75. The van der Waals surface area contributed by atoms with E-state index in [2.05, 4.69) is 5.32 Å². The van der Waals surface area contributed by atoms with Crippen molar-refractivity contribution < 1.29 is 9.18 Å². The molecule has 1 aromatic heterocycles. The quantitative estimate of drug-likeness (QED) is 0.731. The normalized spacial score (nSPS) is 15.0. The van der Waals surface area contributed by atoms with Crippen LogP contribution in [0.4, 0.5) is 4.39 Å². The van der Waals surface area contributed by atoms with Gasteiger partial charge in [-0.15, -0.1) is 0 Å². The molecule has 2 aromatic carbocycles. The van der Waals surface area contributed by atoms with E-state index in [9.17, 15) is 9.18 Å². The molecule has 1 saturated carbocycles. The third kappa shape index (κ3) is 3.45. The molecular formula is C22H21FN2O. The van der Waals surface area contributed by atoms with Crippen LogP contribution in [-0.2, 0) is 6.42 Å². The number of amides is 1. The average molecular weight is 348 g/mol. The van der Waals surface area contributed by atoms with Crippen LogP contribution in [0, 0.1) is 5.82 Å². The molecule has 3 nitrogen and oxygen atoms in total. The molecule has 0 saturated heterocycles. The highest BCUT2D eigenvalue weighted by Crippen LogP contribution is 2.40. The van der Waals surface area contributed by atoms with Crippen LogP contribution < -0.4 is 5.32 Å². The Morgan fingerprint density at radius 2 is 1.92 bits per heavy atom. The fourth-order valence-corrected chi connectivity index (χ4v) is 3.32. The maximum absolute atomic E-state index is 13.8. The van der Waals surface area contributed by atoms with Gasteiger partial charge in [-0.2, -0.15) is 0 Å². The molecule has 4 rings (SSSR count). The van der Waals surface area contributed by atoms with Crippen molar-refractivity contribution in [2.75, 3.05) is 0 Å². The van der Waals surface area contributed by atoms with E-state index in [1.165, 1.54) is 6.07 Å². The van der Waals surface area contributed by atoms with Crippen molar-refractivity contribution >= 4 is 16.8 Å². The van der Waals surface area contributed by atoms with Gasteiger partial charge in [0.05, 0.1) is 11.1 Å². The molecule has 1 unspecified atom stereocenters. The fourth-order valence-electron chi connectivity index (χ4n) is 3.32. The summed E-state index contributed by atoms with van der Waals surface area (Å²) in [5.41, 5.74) is 3.11. The average Bonchev–Trinajstić information content (AvgIpc) is 3.48. The second kappa shape index (κ2) is 6.87. The predicted octanol–water partition coefficient (Wildman–Crippen LogP) is 4.61. The van der Waals surface area contributed by atoms with Gasteiger partial charge >= 0.3 is 0 Å². The Morgan fingerprint density at radius 1 is 1.19 bits per heavy atom. The summed E-state index contributed by atoms with van der Waals surface area (Å²) in [5.74, 6) is 0.107. The van der Waals surface area contributed by atoms with E-state index < -0.39 is 0 Å². The van der Waals surface area contributed by atoms with Crippen molar-refractivity contribution in [1.29, 1.82) is 0 Å². The maximum atomic E-state index is 13.8. The Morgan fingerprint density at radius 3 is 2.69 bits per heavy atom. The van der Waals surface area contributed by atoms with Gasteiger partial charge in [-0.05, 0) is 49.9 Å². The van der Waals surface area contributed by atoms with Gasteiger partial charge < -0.3 is 5.32 Å². The molecule has 1 N–H and O–H groups in total. The van der Waals surface area contributed by atoms with Crippen LogP contribution in [-0.4, -0.2) is 16.9 Å². The smallest absolute Gasteiger partial charge is 0.252 e. The number of carbonyl (C=O) groups excluding carboxylic acids is 1. The minimum absolute atomic E-state index is 0.130. The van der Waals surface area contributed by atoms with Crippen LogP contribution in [0.25, 0.3) is 10.9 Å². The summed E-state index contributed by atoms with van der Waals surface area (Å²) in [7, 11) is 0. The lowest BCUT2D eigenvalue weighted by Crippen LogP contribution is -2.34. The minimum atomic E-state index is -0.237. The highest BCUT2D eigenvalue weighted by atomic mass is 19.1. The summed E-state index contributed by atoms with van der Waals surface area (Å²) in [6.07, 6.45) is 2.73. The minimum Gasteiger partial charge on any atom is -0.349 e. The molecular weight excluding hydrogens is 327 g/mol. The lowest BCUT2D eigenvalue weighted by Gasteiger charge is -2.16. The Balaban J connectivity index is 1.58. The Kier molecular flexibility index (Phi) is 4.41. The Labute approximate surface area is 152 Å². The molecule has 1 atom stereocenters. The van der Waals surface area contributed by atoms with E-state index in [1.54, 1.807) is 12.1 Å². The second-order valence-corrected chi connectivity index (χ2v) is 7.06. The highest BCUT2D eigenvalue weighted by molar-refractivity contribution is 6.06. The lowest BCUT2D eigenvalue weighted by molar-refractivity contribution is 0.0941. The topological polar surface area (TPSA) is 42.0 Å². The van der Waals surface area contributed by atoms with Crippen LogP contribution in [0.3, 0.4) is 0 Å². The monoisotopic (exact) mass is 348 g/mol. The van der Waals surface area contributed by atoms with E-state index >= 15 is 0 Å². The molecule has 0 spiro atoms. The van der Waals surface area contributed by atoms with Crippen LogP contribution in [0.2, 0.25) is 0 Å². The number of hydrogen-bond acceptors (Lipinski definition) is 2. The SMILES string of the molecule is CC(Cc1ccccc1F)NC(=O)c1cc(C2CC2)nc2ccccc12. The van der Waals surface area contributed by atoms with Crippen LogP contribution in [0.1, 0.15) is 47.3 Å². The molecule has 26 heavy (non-hydrogen) atoms. The van der Waals surface area contributed by atoms with E-state index in [-0.39, 0.29) is 17.8 Å². The van der Waals surface area contributed by atoms with Gasteiger partial charge in [-0.25, -0.2) is 4.39 Å². The number of nitrogens with zero attached hydrogens (tertiary/aromatic N) is 1. The van der Waals surface area contributed by atoms with Gasteiger partial charge in [0.25, 0.3) is 5.91 Å². The lowest BCUT2D eigenvalue weighted by atomic mass is 10.0. The number of rotatable bonds is 5. The third-order valence-electron chi connectivity index (χ3n) is 4.84. The van der Waals surface area contributed by atoms with Crippen molar-refractivity contribution in [2.45, 2.75) is 38.1 Å². The molecule has 1 heterocycles. The number of para-hydroxylation sites is 1. The molecule has 1 amide bonds. The van der Waals surface area contributed by atoms with Crippen molar-refractivity contribution in [3.8, 4) is 0 Å². The number of hydrogen-bond donors (Lipinski definition) is 1. The molecule has 1 aliphatic carbocycles. The maximum Gasteiger partial charge on any atom is 0.252 e. The number of pyridine rings is 1. The summed E-state index contributed by atoms with van der Waals surface area (Å²) >= 11 is 0. The van der Waals surface area contributed by atoms with Crippen molar-refractivity contribution in [2.24, 2.45) is 0 Å². The zero-order valence-electron chi connectivity index (χ0n) is 14.7. The summed E-state index contributed by atoms with van der Waals surface area (Å²) in [4.78, 5) is 17.6. The largest absolute Gasteiger partial charge is 0.349 e. The van der Waals surface area contributed by atoms with Gasteiger partial charge in [-0.3, -0.25) is 9.78 Å². The highest BCUT2D eigenvalue weighted by Gasteiger charge is 2.27. The van der Waals surface area contributed by atoms with Gasteiger partial charge in [-0.1, -0.05) is 36.4 Å². The zero-order chi connectivity index (χ0) is 18.1. The van der Waals surface area contributed by atoms with Crippen LogP contribution in [0.5, 0.6) is 0 Å². The number of nitrogens with one attached hydrogen (secondary N) is 1. The van der Waals surface area contributed by atoms with Crippen LogP contribution >= 0.6 is 0 Å². The molecule has 3 aromatic rings. The summed E-state index contributed by atoms with van der Waals surface area (Å²) in [5, 5.41) is 3.87. The number of halogens is 1. The van der Waals surface area contributed by atoms with Gasteiger partial charge in [0.1, 0.15) is 5.82 Å². The zero-order valence-corrected chi connectivity index (χ0v) is 14.7. The first-order valence-electron chi connectivity index (χ1n) is 9.06. The van der Waals surface area contributed by atoms with Crippen LogP contribution in [0.15, 0.2) is 54.6 Å². The van der Waals surface area contributed by atoms with E-state index in [0.29, 0.717) is 23.5 Å². The number of aromatic nitrogens is 1. The molecule has 132 valence electrons. The second-order valence-electron chi connectivity index (χ2n) is 7.06. The first-order chi connectivity index (χ1) is 12.6. The third-order valence-corrected chi connectivity index (χ3v) is 4.84. The van der Waals surface area contributed by atoms with Crippen molar-refractivity contribution in [3.63, 3.8) is 0 Å². The molecule has 0 aliphatic heterocycles. The van der Waals surface area contributed by atoms with Gasteiger partial charge in [0.2, 0.25) is 0 Å². The number of carbonyl (C=O) groups is 1. The van der Waals surface area contributed by atoms with E-state index in [4.69, 9.17) is 4.98 Å². The molecule has 1 aliphatic rings. The molecule has 4 heteroatoms. The molecule has 0 radical (unpaired) electrons. The van der Waals surface area contributed by atoms with Crippen molar-refractivity contribution in [1.82, 2.24) is 10.3 Å². The van der Waals surface area contributed by atoms with E-state index in [0.717, 1.165) is 29.4 Å². The first kappa shape index (κ1) is 16.7. The fraction of sp³-hybridized carbons (Fsp3) is 0.273. The number of fused-ring (bicyclic) bond motifs is 1. The summed E-state index contributed by atoms with van der Waals surface area (Å²) in [6.45, 7) is 1.90. The van der Waals surface area contributed by atoms with Gasteiger partial charge in [0, 0.05) is 23.0 Å². The van der Waals surface area contributed by atoms with Gasteiger partial charge in [0.15, 0.2) is 0 Å². The first-order valence-corrected chi connectivity index (χ1v) is 9.06. The summed E-state index contributed by atoms with van der Waals surface area (Å²) < 4.78 is 13.8. The predicted molar refractivity (Wildman–Crippen MR) is 101 cm³/mol. The standard InChI is InChI=1S/C22H21FN2O/c1-14(12-16-6-2-4-8-19(16)23)24-22(26)18-13-21(15-10-11-15)25-20-9-5-3-7-17(18)20/h2-9,13-15H,10-12H2,1H3,(H,24,26). The Bertz CT molecular complexity index is 965. The summed E-state index contributed by atoms with van der Waals surface area (Å²) in [6, 6.07) is 16.2. The molecule has 1 fully saturated rings. The molecule has 0 bridgehead atoms.